The molecule has 1 nitrogen and oxygen atoms in total. The lowest BCUT2D eigenvalue weighted by Crippen LogP contribution is -2.24. The van der Waals surface area contributed by atoms with Crippen molar-refractivity contribution in [1.82, 2.24) is 4.90 Å². The molecular weight excluding hydrogens is 266 g/mol. The number of rotatable bonds is 9. The predicted molar refractivity (Wildman–Crippen MR) is 97.0 cm³/mol. The summed E-state index contributed by atoms with van der Waals surface area (Å²) in [5, 5.41) is 0. The third kappa shape index (κ3) is 5.81. The molecule has 2 rings (SSSR count). The highest BCUT2D eigenvalue weighted by Gasteiger charge is 2.20. The summed E-state index contributed by atoms with van der Waals surface area (Å²) in [5.74, 6) is 0. The van der Waals surface area contributed by atoms with Crippen LogP contribution in [0.15, 0.2) is 54.6 Å². The molecule has 1 atom stereocenters. The van der Waals surface area contributed by atoms with E-state index in [1.165, 1.54) is 63.6 Å². The second-order valence-electron chi connectivity index (χ2n) is 6.26. The van der Waals surface area contributed by atoms with E-state index in [9.17, 15) is 0 Å². The van der Waals surface area contributed by atoms with Gasteiger partial charge >= 0.3 is 0 Å². The second kappa shape index (κ2) is 10.4. The zero-order valence-corrected chi connectivity index (χ0v) is 14.1. The van der Waals surface area contributed by atoms with E-state index in [0.29, 0.717) is 6.04 Å². The number of likely N-dealkylation sites (tertiary alicyclic amines) is 1. The van der Waals surface area contributed by atoms with Gasteiger partial charge in [0.05, 0.1) is 6.04 Å². The molecule has 1 fully saturated rings. The van der Waals surface area contributed by atoms with Gasteiger partial charge in [0, 0.05) is 0 Å². The molecule has 0 saturated carbocycles. The molecule has 22 heavy (non-hydrogen) atoms. The molecule has 1 saturated heterocycles. The molecule has 1 heterocycles. The standard InChI is InChI=1S/C21H31N/c1-2-3-4-5-6-7-8-12-17-21(22-18-13-14-19-22)20-15-10-9-11-16-20/h7-12,15-17,21H,2-6,13-14,18-19H2,1H3/b8-7+,17-12+. The average molecular weight is 297 g/mol. The van der Waals surface area contributed by atoms with Crippen LogP contribution < -0.4 is 0 Å². The summed E-state index contributed by atoms with van der Waals surface area (Å²) < 4.78 is 0. The largest absolute Gasteiger partial charge is 0.293 e. The molecule has 120 valence electrons. The van der Waals surface area contributed by atoms with E-state index >= 15 is 0 Å². The Labute approximate surface area is 136 Å². The summed E-state index contributed by atoms with van der Waals surface area (Å²) >= 11 is 0. The van der Waals surface area contributed by atoms with Gasteiger partial charge in [0.25, 0.3) is 0 Å². The van der Waals surface area contributed by atoms with Crippen LogP contribution in [0.5, 0.6) is 0 Å². The monoisotopic (exact) mass is 297 g/mol. The number of nitrogens with zero attached hydrogens (tertiary/aromatic N) is 1. The fraction of sp³-hybridized carbons (Fsp3) is 0.524. The van der Waals surface area contributed by atoms with E-state index in [4.69, 9.17) is 0 Å². The van der Waals surface area contributed by atoms with Crippen molar-refractivity contribution in [1.29, 1.82) is 0 Å². The number of hydrogen-bond acceptors (Lipinski definition) is 1. The van der Waals surface area contributed by atoms with Crippen LogP contribution in [-0.4, -0.2) is 18.0 Å². The van der Waals surface area contributed by atoms with Gasteiger partial charge in [-0.05, 0) is 44.3 Å². The van der Waals surface area contributed by atoms with Crippen LogP contribution in [-0.2, 0) is 0 Å². The number of allylic oxidation sites excluding steroid dienone is 3. The van der Waals surface area contributed by atoms with Crippen molar-refractivity contribution in [2.45, 2.75) is 57.9 Å². The van der Waals surface area contributed by atoms with E-state index in [0.717, 1.165) is 0 Å². The number of hydrogen-bond donors (Lipinski definition) is 0. The minimum atomic E-state index is 0.438. The average Bonchev–Trinajstić information content (AvgIpc) is 3.08. The lowest BCUT2D eigenvalue weighted by atomic mass is 10.0. The molecule has 0 aliphatic carbocycles. The summed E-state index contributed by atoms with van der Waals surface area (Å²) in [7, 11) is 0. The molecule has 0 bridgehead atoms. The van der Waals surface area contributed by atoms with E-state index < -0.39 is 0 Å². The van der Waals surface area contributed by atoms with Crippen molar-refractivity contribution in [3.05, 3.63) is 60.2 Å². The summed E-state index contributed by atoms with van der Waals surface area (Å²) in [4.78, 5) is 2.60. The topological polar surface area (TPSA) is 3.24 Å². The highest BCUT2D eigenvalue weighted by atomic mass is 15.2. The molecular formula is C21H31N. The van der Waals surface area contributed by atoms with Gasteiger partial charge in [-0.15, -0.1) is 0 Å². The van der Waals surface area contributed by atoms with E-state index in [1.807, 2.05) is 0 Å². The summed E-state index contributed by atoms with van der Waals surface area (Å²) in [6.45, 7) is 4.72. The minimum absolute atomic E-state index is 0.438. The van der Waals surface area contributed by atoms with Gasteiger partial charge in [-0.25, -0.2) is 0 Å². The zero-order chi connectivity index (χ0) is 15.5. The summed E-state index contributed by atoms with van der Waals surface area (Å²) in [6.07, 6.45) is 18.4. The minimum Gasteiger partial charge on any atom is -0.293 e. The Hall–Kier alpha value is -1.34. The molecule has 0 aromatic heterocycles. The smallest absolute Gasteiger partial charge is 0.0534 e. The Bertz CT molecular complexity index is 440. The molecule has 1 aliphatic rings. The molecule has 0 N–H and O–H groups in total. The Morgan fingerprint density at radius 2 is 1.77 bits per heavy atom. The molecule has 1 unspecified atom stereocenters. The first kappa shape index (κ1) is 17.0. The highest BCUT2D eigenvalue weighted by molar-refractivity contribution is 5.24. The first-order chi connectivity index (χ1) is 10.9. The molecule has 1 heteroatoms. The first-order valence-corrected chi connectivity index (χ1v) is 9.04. The molecule has 0 amide bonds. The SMILES string of the molecule is CCCCCC/C=C/C=C/C(c1ccccc1)N1CCCC1. The first-order valence-electron chi connectivity index (χ1n) is 9.04. The van der Waals surface area contributed by atoms with Gasteiger partial charge in [0.15, 0.2) is 0 Å². The van der Waals surface area contributed by atoms with Gasteiger partial charge in [0.2, 0.25) is 0 Å². The van der Waals surface area contributed by atoms with Crippen molar-refractivity contribution in [2.24, 2.45) is 0 Å². The van der Waals surface area contributed by atoms with Crippen molar-refractivity contribution < 1.29 is 0 Å². The van der Waals surface area contributed by atoms with Crippen molar-refractivity contribution in [3.63, 3.8) is 0 Å². The van der Waals surface area contributed by atoms with Crippen molar-refractivity contribution >= 4 is 0 Å². The van der Waals surface area contributed by atoms with Gasteiger partial charge in [-0.2, -0.15) is 0 Å². The zero-order valence-electron chi connectivity index (χ0n) is 14.1. The molecule has 0 radical (unpaired) electrons. The van der Waals surface area contributed by atoms with Crippen LogP contribution in [0, 0.1) is 0 Å². The summed E-state index contributed by atoms with van der Waals surface area (Å²) in [6, 6.07) is 11.3. The van der Waals surface area contributed by atoms with E-state index in [2.05, 4.69) is 66.5 Å². The molecule has 1 aromatic carbocycles. The Morgan fingerprint density at radius 1 is 1.00 bits per heavy atom. The fourth-order valence-electron chi connectivity index (χ4n) is 3.15. The van der Waals surface area contributed by atoms with Crippen LogP contribution in [0.3, 0.4) is 0 Å². The molecule has 0 spiro atoms. The maximum absolute atomic E-state index is 2.60. The molecule has 1 aromatic rings. The Morgan fingerprint density at radius 3 is 2.50 bits per heavy atom. The predicted octanol–water partition coefficient (Wildman–Crippen LogP) is 5.91. The fourth-order valence-corrected chi connectivity index (χ4v) is 3.15. The van der Waals surface area contributed by atoms with Crippen LogP contribution in [0.2, 0.25) is 0 Å². The van der Waals surface area contributed by atoms with Gasteiger partial charge in [-0.1, -0.05) is 80.8 Å². The maximum atomic E-state index is 2.60. The Balaban J connectivity index is 1.86. The van der Waals surface area contributed by atoms with Crippen molar-refractivity contribution in [2.75, 3.05) is 13.1 Å². The quantitative estimate of drug-likeness (QED) is 0.405. The third-order valence-electron chi connectivity index (χ3n) is 4.44. The van der Waals surface area contributed by atoms with Gasteiger partial charge in [0.1, 0.15) is 0 Å². The number of benzene rings is 1. The molecule has 1 aliphatic heterocycles. The lowest BCUT2D eigenvalue weighted by molar-refractivity contribution is 0.288. The lowest BCUT2D eigenvalue weighted by Gasteiger charge is -2.25. The van der Waals surface area contributed by atoms with Gasteiger partial charge in [-0.3, -0.25) is 4.90 Å². The third-order valence-corrected chi connectivity index (χ3v) is 4.44. The second-order valence-corrected chi connectivity index (χ2v) is 6.26. The van der Waals surface area contributed by atoms with E-state index in [-0.39, 0.29) is 0 Å². The van der Waals surface area contributed by atoms with Crippen LogP contribution in [0.1, 0.15) is 63.5 Å². The Kier molecular flexibility index (Phi) is 8.04. The van der Waals surface area contributed by atoms with Crippen LogP contribution in [0.4, 0.5) is 0 Å². The number of unbranched alkanes of at least 4 members (excludes halogenated alkanes) is 4. The van der Waals surface area contributed by atoms with Crippen molar-refractivity contribution in [3.8, 4) is 0 Å². The van der Waals surface area contributed by atoms with Gasteiger partial charge < -0.3 is 0 Å². The van der Waals surface area contributed by atoms with Crippen LogP contribution in [0.25, 0.3) is 0 Å². The van der Waals surface area contributed by atoms with E-state index in [1.54, 1.807) is 0 Å². The maximum Gasteiger partial charge on any atom is 0.0534 e. The summed E-state index contributed by atoms with van der Waals surface area (Å²) in [5.41, 5.74) is 1.41. The van der Waals surface area contributed by atoms with Crippen LogP contribution >= 0.6 is 0 Å². The highest BCUT2D eigenvalue weighted by Crippen LogP contribution is 2.26. The normalized spacial score (nSPS) is 17.7.